The van der Waals surface area contributed by atoms with E-state index in [4.69, 9.17) is 15.7 Å². The molecule has 0 spiro atoms. The summed E-state index contributed by atoms with van der Waals surface area (Å²) in [5.74, 6) is 0. The molecule has 2 heteroatoms. The summed E-state index contributed by atoms with van der Waals surface area (Å²) in [5.41, 5.74) is 0. The predicted molar refractivity (Wildman–Crippen MR) is 23.4 cm³/mol. The van der Waals surface area contributed by atoms with E-state index < -0.39 is 26.0 Å². The zero-order chi connectivity index (χ0) is 8.41. The molecule has 38 valence electrons. The van der Waals surface area contributed by atoms with Crippen LogP contribution in [-0.2, 0) is 0 Å². The Labute approximate surface area is 43.0 Å². The Morgan fingerprint density at radius 1 is 1.17 bits per heavy atom. The SMILES string of the molecule is [2H]C([2H])(O)CCC([2H])([2H])O. The normalized spacial score (nSPS) is 23.7. The molecule has 0 saturated heterocycles. The first-order valence-electron chi connectivity index (χ1n) is 3.65. The zero-order valence-electron chi connectivity index (χ0n) is 7.31. The van der Waals surface area contributed by atoms with Gasteiger partial charge in [0.05, 0.1) is 5.48 Å². The molecule has 0 radical (unpaired) electrons. The summed E-state index contributed by atoms with van der Waals surface area (Å²) in [6, 6.07) is 0. The molecule has 0 aliphatic carbocycles. The van der Waals surface area contributed by atoms with Crippen LogP contribution in [0.1, 0.15) is 18.3 Å². The molecule has 0 atom stereocenters. The smallest absolute Gasteiger partial charge is 0.0564 e. The summed E-state index contributed by atoms with van der Waals surface area (Å²) in [4.78, 5) is 0. The Morgan fingerprint density at radius 3 is 1.67 bits per heavy atom. The van der Waals surface area contributed by atoms with Crippen LogP contribution in [0.2, 0.25) is 0 Å². The summed E-state index contributed by atoms with van der Waals surface area (Å²) in [6.45, 7) is -4.79. The second-order valence-corrected chi connectivity index (χ2v) is 0.816. The quantitative estimate of drug-likeness (QED) is 0.506. The standard InChI is InChI=1S/C4H10O2/c5-3-1-2-4-6/h5-6H,1-4H2/i3D2,4D2. The Bertz CT molecular complexity index is 88.8. The first-order valence-corrected chi connectivity index (χ1v) is 1.65. The summed E-state index contributed by atoms with van der Waals surface area (Å²) in [6.07, 6.45) is -0.812. The molecule has 0 aromatic heterocycles. The zero-order valence-corrected chi connectivity index (χ0v) is 3.31. The summed E-state index contributed by atoms with van der Waals surface area (Å²) >= 11 is 0. The minimum absolute atomic E-state index is 0.406. The molecule has 0 bridgehead atoms. The summed E-state index contributed by atoms with van der Waals surface area (Å²) in [7, 11) is 0. The molecule has 0 heterocycles. The van der Waals surface area contributed by atoms with Gasteiger partial charge in [-0.2, -0.15) is 0 Å². The molecular weight excluding hydrogens is 80.0 g/mol. The fraction of sp³-hybridized carbons (Fsp3) is 1.00. The third kappa shape index (κ3) is 3.92. The van der Waals surface area contributed by atoms with Gasteiger partial charge in [-0.3, -0.25) is 0 Å². The van der Waals surface area contributed by atoms with E-state index in [1.54, 1.807) is 0 Å². The molecule has 0 fully saturated rings. The number of hydrogen-bond acceptors (Lipinski definition) is 2. The Morgan fingerprint density at radius 2 is 1.50 bits per heavy atom. The van der Waals surface area contributed by atoms with Crippen molar-refractivity contribution in [2.45, 2.75) is 12.8 Å². The van der Waals surface area contributed by atoms with Crippen molar-refractivity contribution >= 4 is 0 Å². The van der Waals surface area contributed by atoms with Crippen molar-refractivity contribution in [2.75, 3.05) is 13.1 Å². The lowest BCUT2D eigenvalue weighted by atomic mass is 10.3. The highest BCUT2D eigenvalue weighted by Gasteiger charge is 1.77. The number of rotatable bonds is 3. The van der Waals surface area contributed by atoms with Crippen LogP contribution in [0.4, 0.5) is 0 Å². The third-order valence-electron chi connectivity index (χ3n) is 0.349. The van der Waals surface area contributed by atoms with Crippen LogP contribution in [0.25, 0.3) is 0 Å². The average Bonchev–Trinajstić information content (AvgIpc) is 1.57. The van der Waals surface area contributed by atoms with E-state index in [9.17, 15) is 0 Å². The van der Waals surface area contributed by atoms with E-state index in [-0.39, 0.29) is 0 Å². The van der Waals surface area contributed by atoms with Gasteiger partial charge in [0.1, 0.15) is 0 Å². The molecule has 0 amide bonds. The summed E-state index contributed by atoms with van der Waals surface area (Å²) < 4.78 is 26.2. The molecule has 0 saturated carbocycles. The highest BCUT2D eigenvalue weighted by Crippen LogP contribution is 1.80. The Kier molecular flexibility index (Phi) is 1.48. The van der Waals surface area contributed by atoms with Crippen molar-refractivity contribution in [3.63, 3.8) is 0 Å². The van der Waals surface area contributed by atoms with Gasteiger partial charge in [-0.15, -0.1) is 0 Å². The lowest BCUT2D eigenvalue weighted by molar-refractivity contribution is 0.242. The highest BCUT2D eigenvalue weighted by molar-refractivity contribution is 4.30. The van der Waals surface area contributed by atoms with E-state index in [0.717, 1.165) is 0 Å². The summed E-state index contributed by atoms with van der Waals surface area (Å²) in [5, 5.41) is 16.9. The number of aliphatic hydroxyl groups is 2. The van der Waals surface area contributed by atoms with Crippen molar-refractivity contribution < 1.29 is 15.7 Å². The Balaban J connectivity index is 3.56. The molecule has 6 heavy (non-hydrogen) atoms. The monoisotopic (exact) mass is 94.1 g/mol. The maximum atomic E-state index is 8.44. The van der Waals surface area contributed by atoms with Crippen LogP contribution in [0, 0.1) is 0 Å². The van der Waals surface area contributed by atoms with Gasteiger partial charge in [-0.25, -0.2) is 0 Å². The molecule has 0 aliphatic rings. The van der Waals surface area contributed by atoms with Crippen LogP contribution < -0.4 is 0 Å². The average molecular weight is 94.1 g/mol. The van der Waals surface area contributed by atoms with Crippen molar-refractivity contribution in [1.82, 2.24) is 0 Å². The van der Waals surface area contributed by atoms with Gasteiger partial charge in [0.15, 0.2) is 0 Å². The second kappa shape index (κ2) is 4.92. The molecule has 0 aromatic carbocycles. The lowest BCUT2D eigenvalue weighted by Gasteiger charge is -1.85. The van der Waals surface area contributed by atoms with Gasteiger partial charge in [-0.1, -0.05) is 0 Å². The van der Waals surface area contributed by atoms with Crippen LogP contribution in [-0.4, -0.2) is 23.3 Å². The van der Waals surface area contributed by atoms with Gasteiger partial charge in [0, 0.05) is 13.1 Å². The molecular formula is C4H10O2. The van der Waals surface area contributed by atoms with Gasteiger partial charge in [0.25, 0.3) is 0 Å². The van der Waals surface area contributed by atoms with Crippen LogP contribution in [0.3, 0.4) is 0 Å². The van der Waals surface area contributed by atoms with Crippen LogP contribution >= 0.6 is 0 Å². The van der Waals surface area contributed by atoms with Gasteiger partial charge >= 0.3 is 0 Å². The minimum Gasteiger partial charge on any atom is -0.396 e. The van der Waals surface area contributed by atoms with Crippen molar-refractivity contribution in [3.8, 4) is 0 Å². The molecule has 2 nitrogen and oxygen atoms in total. The third-order valence-corrected chi connectivity index (χ3v) is 0.349. The van der Waals surface area contributed by atoms with Crippen LogP contribution in [0.5, 0.6) is 0 Å². The minimum atomic E-state index is -2.39. The van der Waals surface area contributed by atoms with E-state index in [0.29, 0.717) is 0 Å². The first kappa shape index (κ1) is 1.80. The highest BCUT2D eigenvalue weighted by atomic mass is 16.3. The topological polar surface area (TPSA) is 40.5 Å². The van der Waals surface area contributed by atoms with Crippen molar-refractivity contribution in [1.29, 1.82) is 0 Å². The largest absolute Gasteiger partial charge is 0.396 e. The lowest BCUT2D eigenvalue weighted by Crippen LogP contribution is -1.85. The fourth-order valence-electron chi connectivity index (χ4n) is 0.112. The predicted octanol–water partition coefficient (Wildman–Crippen LogP) is -0.249. The van der Waals surface area contributed by atoms with Gasteiger partial charge < -0.3 is 10.2 Å². The van der Waals surface area contributed by atoms with E-state index >= 15 is 0 Å². The van der Waals surface area contributed by atoms with Gasteiger partial charge in [-0.05, 0) is 12.8 Å². The second-order valence-electron chi connectivity index (χ2n) is 0.816. The fourth-order valence-corrected chi connectivity index (χ4v) is 0.112. The van der Waals surface area contributed by atoms with E-state index in [2.05, 4.69) is 0 Å². The first-order chi connectivity index (χ1) is 4.21. The molecule has 0 aromatic rings. The Hall–Kier alpha value is -0.0800. The van der Waals surface area contributed by atoms with Crippen LogP contribution in [0.15, 0.2) is 0 Å². The molecule has 2 N–H and O–H groups in total. The maximum Gasteiger partial charge on any atom is 0.0564 e. The van der Waals surface area contributed by atoms with E-state index in [1.807, 2.05) is 0 Å². The molecule has 0 rings (SSSR count). The maximum absolute atomic E-state index is 8.44. The molecule has 0 aliphatic heterocycles. The van der Waals surface area contributed by atoms with Gasteiger partial charge in [0.2, 0.25) is 0 Å². The van der Waals surface area contributed by atoms with Crippen molar-refractivity contribution in [2.24, 2.45) is 0 Å². The van der Waals surface area contributed by atoms with Crippen molar-refractivity contribution in [3.05, 3.63) is 0 Å². The number of hydrogen-bond donors (Lipinski definition) is 2. The molecule has 0 unspecified atom stereocenters. The van der Waals surface area contributed by atoms with E-state index in [1.165, 1.54) is 0 Å².